The van der Waals surface area contributed by atoms with E-state index in [2.05, 4.69) is 29.5 Å². The molecule has 466 valence electrons. The van der Waals surface area contributed by atoms with Crippen molar-refractivity contribution in [3.8, 4) is 0 Å². The van der Waals surface area contributed by atoms with Crippen molar-refractivity contribution in [2.45, 2.75) is 32.2 Å². The van der Waals surface area contributed by atoms with E-state index in [-0.39, 0.29) is 51.3 Å². The first kappa shape index (κ1) is 74.8. The van der Waals surface area contributed by atoms with Crippen molar-refractivity contribution < 1.29 is 82.0 Å². The van der Waals surface area contributed by atoms with Crippen LogP contribution in [0.3, 0.4) is 0 Å². The lowest BCUT2D eigenvalue weighted by Gasteiger charge is -2.28. The Labute approximate surface area is 495 Å². The van der Waals surface area contributed by atoms with Crippen molar-refractivity contribution in [2.75, 3.05) is 166 Å². The molecule has 23 heteroatoms. The molecule has 0 amide bonds. The van der Waals surface area contributed by atoms with Gasteiger partial charge >= 0.3 is 23.9 Å². The lowest BCUT2D eigenvalue weighted by molar-refractivity contribution is -0.144. The summed E-state index contributed by atoms with van der Waals surface area (Å²) in [6.45, 7) is 24.6. The molecular formula is C61H90N6O17. The van der Waals surface area contributed by atoms with Crippen molar-refractivity contribution in [1.82, 2.24) is 29.4 Å². The van der Waals surface area contributed by atoms with Crippen LogP contribution in [0.1, 0.15) is 65.5 Å². The molecule has 23 nitrogen and oxygen atoms in total. The number of aliphatic hydroxyl groups excluding tert-OH is 3. The fourth-order valence-electron chi connectivity index (χ4n) is 8.15. The van der Waals surface area contributed by atoms with E-state index in [4.69, 9.17) is 33.2 Å². The number of carbonyl (C=O) groups is 7. The monoisotopic (exact) mass is 1180 g/mol. The Balaban J connectivity index is 0.000000631. The van der Waals surface area contributed by atoms with E-state index in [0.717, 1.165) is 40.9 Å². The molecule has 84 heavy (non-hydrogen) atoms. The van der Waals surface area contributed by atoms with Crippen LogP contribution in [-0.2, 0) is 66.7 Å². The quantitative estimate of drug-likeness (QED) is 0.0318. The van der Waals surface area contributed by atoms with Crippen LogP contribution in [0.25, 0.3) is 18.2 Å². The van der Waals surface area contributed by atoms with Gasteiger partial charge < -0.3 is 48.5 Å². The van der Waals surface area contributed by atoms with E-state index in [1.54, 1.807) is 34.1 Å². The number of hydrogen-bond acceptors (Lipinski definition) is 23. The largest absolute Gasteiger partial charge is 0.468 e. The summed E-state index contributed by atoms with van der Waals surface area (Å²) in [6, 6.07) is 22.3. The molecule has 0 fully saturated rings. The number of aliphatic hydroxyl groups is 3. The van der Waals surface area contributed by atoms with Crippen LogP contribution in [0, 0.1) is 0 Å². The molecule has 3 N–H and O–H groups in total. The first-order valence-corrected chi connectivity index (χ1v) is 27.5. The second-order valence-electron chi connectivity index (χ2n) is 18.7. The average molecular weight is 1180 g/mol. The lowest BCUT2D eigenvalue weighted by atomic mass is 10.0. The molecule has 0 aliphatic rings. The minimum Gasteiger partial charge on any atom is -0.468 e. The Morgan fingerprint density at radius 2 is 0.821 bits per heavy atom. The summed E-state index contributed by atoms with van der Waals surface area (Å²) in [5.74, 6) is -1.57. The third-order valence-corrected chi connectivity index (χ3v) is 13.1. The summed E-state index contributed by atoms with van der Waals surface area (Å²) in [5.41, 5.74) is 4.97. The summed E-state index contributed by atoms with van der Waals surface area (Å²) >= 11 is 0. The molecule has 0 aromatic heterocycles. The van der Waals surface area contributed by atoms with Crippen LogP contribution in [0.15, 0.2) is 92.5 Å². The minimum absolute atomic E-state index is 0.00658. The predicted octanol–water partition coefficient (Wildman–Crippen LogP) is 3.15. The molecule has 0 heterocycles. The van der Waals surface area contributed by atoms with Crippen LogP contribution in [0.4, 0.5) is 0 Å². The Morgan fingerprint density at radius 1 is 0.440 bits per heavy atom. The lowest BCUT2D eigenvalue weighted by Crippen LogP contribution is -2.42. The topological polar surface area (TPSA) is 264 Å². The first-order valence-electron chi connectivity index (χ1n) is 27.5. The molecule has 0 radical (unpaired) electrons. The molecule has 0 saturated heterocycles. The smallest absolute Gasteiger partial charge is 0.319 e. The van der Waals surface area contributed by atoms with Gasteiger partial charge in [-0.3, -0.25) is 63.0 Å². The standard InChI is InChI=1S/C21H30N2O7.2C20H30N2O5/c1-4-17-7-5-6-8-18(17)19(25)13-23(15-21(27)29-3)10-9-22(11-12-30-16-24)14-20(26)28-2;1-4-17-6-8-18(9-7-17)19(24)14-22(15-20(25)26-3)11-10-21(5-2)12-13-27-16-23;1-4-17-7-6-8-18(13-17)19(24)14-22(15-20(25)26-3)10-9-21(5-2)11-12-27-16-23/h4-8,16,19,25H,1,9-15H2,2-3H3;4,6-9,16,19,24H,1,5,10-15H2,2-3H3;4,6-8,13,16,19,24H,1,5,9-12,14-15H2,2-3H3. The van der Waals surface area contributed by atoms with Crippen LogP contribution < -0.4 is 0 Å². The Bertz CT molecular complexity index is 2380. The maximum absolute atomic E-state index is 11.8. The summed E-state index contributed by atoms with van der Waals surface area (Å²) < 4.78 is 33.2. The highest BCUT2D eigenvalue weighted by atomic mass is 16.5. The van der Waals surface area contributed by atoms with Gasteiger partial charge in [0, 0.05) is 78.5 Å². The number of benzene rings is 3. The number of carbonyl (C=O) groups excluding carboxylic acids is 7. The molecule has 3 rings (SSSR count). The summed E-state index contributed by atoms with van der Waals surface area (Å²) in [7, 11) is 5.28. The SMILES string of the molecule is C=Cc1ccc(C(O)CN(CCN(CC)CCOC=O)CC(=O)OC)cc1.C=Cc1cccc(C(O)CN(CCN(CC)CCOC=O)CC(=O)OC)c1.C=Cc1ccccc1C(O)CN(CCN(CCOC=O)CC(=O)OC)CC(=O)OC. The van der Waals surface area contributed by atoms with Gasteiger partial charge in [-0.05, 0) is 52.5 Å². The highest BCUT2D eigenvalue weighted by molar-refractivity contribution is 5.72. The third-order valence-electron chi connectivity index (χ3n) is 13.1. The van der Waals surface area contributed by atoms with Crippen LogP contribution in [0.5, 0.6) is 0 Å². The van der Waals surface area contributed by atoms with Gasteiger partial charge in [0.2, 0.25) is 0 Å². The Hall–Kier alpha value is -7.19. The van der Waals surface area contributed by atoms with E-state index in [1.165, 1.54) is 28.4 Å². The zero-order chi connectivity index (χ0) is 62.5. The van der Waals surface area contributed by atoms with Crippen LogP contribution in [-0.4, -0.2) is 254 Å². The number of ether oxygens (including phenoxy) is 7. The highest BCUT2D eigenvalue weighted by Crippen LogP contribution is 2.21. The number of esters is 4. The molecule has 3 unspecified atom stereocenters. The van der Waals surface area contributed by atoms with Crippen LogP contribution in [0.2, 0.25) is 0 Å². The zero-order valence-corrected chi connectivity index (χ0v) is 49.8. The Morgan fingerprint density at radius 3 is 1.23 bits per heavy atom. The van der Waals surface area contributed by atoms with Crippen molar-refractivity contribution in [3.05, 3.63) is 126 Å². The van der Waals surface area contributed by atoms with E-state index in [9.17, 15) is 48.9 Å². The molecular weight excluding hydrogens is 1090 g/mol. The summed E-state index contributed by atoms with van der Waals surface area (Å²) in [6.07, 6.45) is 2.83. The maximum Gasteiger partial charge on any atom is 0.319 e. The molecule has 3 aromatic rings. The minimum atomic E-state index is -0.851. The highest BCUT2D eigenvalue weighted by Gasteiger charge is 2.22. The van der Waals surface area contributed by atoms with Gasteiger partial charge in [0.15, 0.2) is 0 Å². The summed E-state index contributed by atoms with van der Waals surface area (Å²) in [5, 5.41) is 31.9. The first-order chi connectivity index (χ1) is 40.5. The fourth-order valence-corrected chi connectivity index (χ4v) is 8.15. The molecule has 3 atom stereocenters. The van der Waals surface area contributed by atoms with Gasteiger partial charge in [0.05, 0.1) is 72.9 Å². The number of rotatable bonds is 43. The van der Waals surface area contributed by atoms with Gasteiger partial charge in [-0.2, -0.15) is 0 Å². The van der Waals surface area contributed by atoms with Gasteiger partial charge in [0.25, 0.3) is 19.4 Å². The number of likely N-dealkylation sites (N-methyl/N-ethyl adjacent to an activating group) is 2. The summed E-state index contributed by atoms with van der Waals surface area (Å²) in [4.78, 5) is 89.2. The maximum atomic E-state index is 11.8. The number of methoxy groups -OCH3 is 4. The molecule has 0 aliphatic heterocycles. The Kier molecular flexibility index (Phi) is 41.2. The molecule has 3 aromatic carbocycles. The van der Waals surface area contributed by atoms with Crippen molar-refractivity contribution >= 4 is 61.5 Å². The number of hydrogen-bond donors (Lipinski definition) is 3. The van der Waals surface area contributed by atoms with Gasteiger partial charge in [-0.1, -0.05) is 119 Å². The fraction of sp³-hybridized carbons (Fsp3) is 0.492. The van der Waals surface area contributed by atoms with Crippen LogP contribution >= 0.6 is 0 Å². The molecule has 0 bridgehead atoms. The second kappa shape index (κ2) is 46.2. The number of nitrogens with zero attached hydrogens (tertiary/aromatic N) is 6. The molecule has 0 aliphatic carbocycles. The van der Waals surface area contributed by atoms with Crippen molar-refractivity contribution in [1.29, 1.82) is 0 Å². The molecule has 0 spiro atoms. The zero-order valence-electron chi connectivity index (χ0n) is 49.8. The van der Waals surface area contributed by atoms with Gasteiger partial charge in [0.1, 0.15) is 19.8 Å². The van der Waals surface area contributed by atoms with Gasteiger partial charge in [-0.15, -0.1) is 0 Å². The second-order valence-corrected chi connectivity index (χ2v) is 18.7. The molecule has 0 saturated carbocycles. The third kappa shape index (κ3) is 32.6. The van der Waals surface area contributed by atoms with Crippen molar-refractivity contribution in [3.63, 3.8) is 0 Å². The normalized spacial score (nSPS) is 11.9. The average Bonchev–Trinajstić information content (AvgIpc) is 3.70. The van der Waals surface area contributed by atoms with Crippen molar-refractivity contribution in [2.24, 2.45) is 0 Å². The van der Waals surface area contributed by atoms with Gasteiger partial charge in [-0.25, -0.2) is 0 Å². The van der Waals surface area contributed by atoms with E-state index >= 15 is 0 Å². The van der Waals surface area contributed by atoms with E-state index in [0.29, 0.717) is 110 Å². The van der Waals surface area contributed by atoms with E-state index in [1.807, 2.05) is 90.4 Å². The van der Waals surface area contributed by atoms with E-state index < -0.39 is 30.3 Å². The predicted molar refractivity (Wildman–Crippen MR) is 319 cm³/mol.